The number of rotatable bonds is 6. The number of hydrogen-bond donors (Lipinski definition) is 2. The Labute approximate surface area is 149 Å². The van der Waals surface area contributed by atoms with Gasteiger partial charge >= 0.3 is 0 Å². The molecule has 1 unspecified atom stereocenters. The molecule has 3 N–H and O–H groups in total. The second kappa shape index (κ2) is 7.53. The fourth-order valence-electron chi connectivity index (χ4n) is 3.06. The highest BCUT2D eigenvalue weighted by Crippen LogP contribution is 2.34. The molecule has 1 atom stereocenters. The van der Waals surface area contributed by atoms with Gasteiger partial charge in [-0.15, -0.1) is 0 Å². The molecule has 0 aliphatic carbocycles. The number of H-pyrrole nitrogens is 1. The van der Waals surface area contributed by atoms with Gasteiger partial charge in [-0.1, -0.05) is 36.4 Å². The van der Waals surface area contributed by atoms with Gasteiger partial charge < -0.3 is 10.5 Å². The maximum absolute atomic E-state index is 6.13. The predicted octanol–water partition coefficient (Wildman–Crippen LogP) is 4.18. The van der Waals surface area contributed by atoms with Gasteiger partial charge in [-0.05, 0) is 44.0 Å². The summed E-state index contributed by atoms with van der Waals surface area (Å²) in [6.45, 7) is 7.33. The molecule has 1 aromatic heterocycles. The molecule has 0 saturated heterocycles. The lowest BCUT2D eigenvalue weighted by Gasteiger charge is -2.19. The maximum Gasteiger partial charge on any atom is 0.123 e. The van der Waals surface area contributed by atoms with Gasteiger partial charge in [0.1, 0.15) is 5.75 Å². The third-order valence-corrected chi connectivity index (χ3v) is 4.58. The van der Waals surface area contributed by atoms with E-state index < -0.39 is 0 Å². The summed E-state index contributed by atoms with van der Waals surface area (Å²) in [6.07, 6.45) is 0. The average Bonchev–Trinajstić information content (AvgIpc) is 3.10. The Morgan fingerprint density at radius 2 is 1.80 bits per heavy atom. The molecule has 0 bridgehead atoms. The lowest BCUT2D eigenvalue weighted by molar-refractivity contribution is 0.335. The topological polar surface area (TPSA) is 63.9 Å². The predicted molar refractivity (Wildman–Crippen MR) is 102 cm³/mol. The third kappa shape index (κ3) is 3.59. The molecule has 0 aliphatic heterocycles. The van der Waals surface area contributed by atoms with Gasteiger partial charge in [0.15, 0.2) is 0 Å². The number of nitrogens with one attached hydrogen (secondary N) is 1. The molecule has 4 heteroatoms. The largest absolute Gasteiger partial charge is 0.494 e. The minimum absolute atomic E-state index is 0.0193. The van der Waals surface area contributed by atoms with Gasteiger partial charge in [0.2, 0.25) is 0 Å². The monoisotopic (exact) mass is 335 g/mol. The highest BCUT2D eigenvalue weighted by atomic mass is 16.5. The van der Waals surface area contributed by atoms with Crippen molar-refractivity contribution in [2.75, 3.05) is 13.2 Å². The minimum atomic E-state index is 0.0193. The van der Waals surface area contributed by atoms with Crippen molar-refractivity contribution in [3.8, 4) is 17.0 Å². The Morgan fingerprint density at radius 1 is 1.08 bits per heavy atom. The lowest BCUT2D eigenvalue weighted by Crippen LogP contribution is -2.16. The molecule has 1 heterocycles. The summed E-state index contributed by atoms with van der Waals surface area (Å²) >= 11 is 0. The summed E-state index contributed by atoms with van der Waals surface area (Å²) < 4.78 is 5.88. The molecular formula is C21H25N3O. The first-order chi connectivity index (χ1) is 12.1. The van der Waals surface area contributed by atoms with Crippen LogP contribution in [0, 0.1) is 13.8 Å². The number of hydrogen-bond acceptors (Lipinski definition) is 3. The fraction of sp³-hybridized carbons (Fsp3) is 0.286. The van der Waals surface area contributed by atoms with Crippen molar-refractivity contribution in [2.45, 2.75) is 26.7 Å². The van der Waals surface area contributed by atoms with Crippen LogP contribution in [0.15, 0.2) is 48.5 Å². The summed E-state index contributed by atoms with van der Waals surface area (Å²) in [4.78, 5) is 0. The first-order valence-corrected chi connectivity index (χ1v) is 8.68. The first kappa shape index (κ1) is 17.2. The zero-order valence-electron chi connectivity index (χ0n) is 15.0. The normalized spacial score (nSPS) is 12.2. The van der Waals surface area contributed by atoms with Crippen LogP contribution < -0.4 is 10.5 Å². The molecular weight excluding hydrogens is 310 g/mol. The Hall–Kier alpha value is -2.59. The van der Waals surface area contributed by atoms with Gasteiger partial charge in [-0.3, -0.25) is 5.10 Å². The van der Waals surface area contributed by atoms with Crippen LogP contribution in [0.1, 0.15) is 35.2 Å². The van der Waals surface area contributed by atoms with Crippen LogP contribution in [-0.2, 0) is 0 Å². The van der Waals surface area contributed by atoms with Crippen LogP contribution in [-0.4, -0.2) is 23.3 Å². The summed E-state index contributed by atoms with van der Waals surface area (Å²) in [5, 5.41) is 7.65. The standard InChI is InChI=1S/C21H25N3O/c1-4-25-21-11-15(3)14(2)10-17(21)18(13-22)20-12-19(23-24-20)16-8-6-5-7-9-16/h5-12,18H,4,13,22H2,1-3H3,(H,23,24). The van der Waals surface area contributed by atoms with E-state index in [-0.39, 0.29) is 5.92 Å². The zero-order chi connectivity index (χ0) is 17.8. The fourth-order valence-corrected chi connectivity index (χ4v) is 3.06. The number of ether oxygens (including phenoxy) is 1. The van der Waals surface area contributed by atoms with E-state index in [2.05, 4.69) is 54.4 Å². The van der Waals surface area contributed by atoms with E-state index in [4.69, 9.17) is 10.5 Å². The number of aryl methyl sites for hydroxylation is 2. The molecule has 2 aromatic carbocycles. The number of aromatic amines is 1. The summed E-state index contributed by atoms with van der Waals surface area (Å²) in [6, 6.07) is 16.5. The number of nitrogens with two attached hydrogens (primary N) is 1. The maximum atomic E-state index is 6.13. The summed E-state index contributed by atoms with van der Waals surface area (Å²) in [5.41, 5.74) is 12.7. The molecule has 0 aliphatic rings. The highest BCUT2D eigenvalue weighted by molar-refractivity contribution is 5.60. The Balaban J connectivity index is 2.01. The number of aromatic nitrogens is 2. The Kier molecular flexibility index (Phi) is 5.19. The van der Waals surface area contributed by atoms with Crippen LogP contribution in [0.5, 0.6) is 5.75 Å². The van der Waals surface area contributed by atoms with Gasteiger partial charge in [0.05, 0.1) is 12.3 Å². The van der Waals surface area contributed by atoms with Crippen LogP contribution in [0.25, 0.3) is 11.3 Å². The number of nitrogens with zero attached hydrogens (tertiary/aromatic N) is 1. The molecule has 25 heavy (non-hydrogen) atoms. The van der Waals surface area contributed by atoms with Crippen molar-refractivity contribution in [3.63, 3.8) is 0 Å². The molecule has 3 rings (SSSR count). The van der Waals surface area contributed by atoms with E-state index in [0.29, 0.717) is 13.2 Å². The Bertz CT molecular complexity index is 840. The molecule has 0 amide bonds. The van der Waals surface area contributed by atoms with E-state index in [9.17, 15) is 0 Å². The smallest absolute Gasteiger partial charge is 0.123 e. The summed E-state index contributed by atoms with van der Waals surface area (Å²) in [7, 11) is 0. The SMILES string of the molecule is CCOc1cc(C)c(C)cc1C(CN)c1cc(-c2ccccc2)n[nH]1. The van der Waals surface area contributed by atoms with E-state index in [1.54, 1.807) is 0 Å². The van der Waals surface area contributed by atoms with Crippen molar-refractivity contribution in [1.82, 2.24) is 10.2 Å². The van der Waals surface area contributed by atoms with Crippen molar-refractivity contribution < 1.29 is 4.74 Å². The molecule has 4 nitrogen and oxygen atoms in total. The van der Waals surface area contributed by atoms with E-state index >= 15 is 0 Å². The minimum Gasteiger partial charge on any atom is -0.494 e. The van der Waals surface area contributed by atoms with E-state index in [0.717, 1.165) is 28.3 Å². The molecule has 130 valence electrons. The van der Waals surface area contributed by atoms with E-state index in [1.807, 2.05) is 25.1 Å². The zero-order valence-corrected chi connectivity index (χ0v) is 15.0. The van der Waals surface area contributed by atoms with Crippen molar-refractivity contribution in [1.29, 1.82) is 0 Å². The second-order valence-corrected chi connectivity index (χ2v) is 6.27. The molecule has 0 saturated carbocycles. The lowest BCUT2D eigenvalue weighted by atomic mass is 9.91. The Morgan fingerprint density at radius 3 is 2.48 bits per heavy atom. The van der Waals surface area contributed by atoms with Crippen LogP contribution in [0.3, 0.4) is 0 Å². The molecule has 0 radical (unpaired) electrons. The van der Waals surface area contributed by atoms with E-state index in [1.165, 1.54) is 11.1 Å². The molecule has 0 fully saturated rings. The van der Waals surface area contributed by atoms with Crippen LogP contribution >= 0.6 is 0 Å². The molecule has 0 spiro atoms. The van der Waals surface area contributed by atoms with Crippen LogP contribution in [0.2, 0.25) is 0 Å². The molecule has 3 aromatic rings. The first-order valence-electron chi connectivity index (χ1n) is 8.68. The average molecular weight is 335 g/mol. The van der Waals surface area contributed by atoms with Gasteiger partial charge in [-0.25, -0.2) is 0 Å². The third-order valence-electron chi connectivity index (χ3n) is 4.58. The van der Waals surface area contributed by atoms with Crippen molar-refractivity contribution in [3.05, 3.63) is 70.9 Å². The summed E-state index contributed by atoms with van der Waals surface area (Å²) in [5.74, 6) is 0.919. The highest BCUT2D eigenvalue weighted by Gasteiger charge is 2.21. The van der Waals surface area contributed by atoms with Gasteiger partial charge in [-0.2, -0.15) is 5.10 Å². The van der Waals surface area contributed by atoms with Crippen LogP contribution in [0.4, 0.5) is 0 Å². The van der Waals surface area contributed by atoms with Crippen molar-refractivity contribution >= 4 is 0 Å². The van der Waals surface area contributed by atoms with Crippen molar-refractivity contribution in [2.24, 2.45) is 5.73 Å². The quantitative estimate of drug-likeness (QED) is 0.710. The van der Waals surface area contributed by atoms with Gasteiger partial charge in [0, 0.05) is 29.3 Å². The van der Waals surface area contributed by atoms with Gasteiger partial charge in [0.25, 0.3) is 0 Å². The second-order valence-electron chi connectivity index (χ2n) is 6.27. The number of benzene rings is 2.